The van der Waals surface area contributed by atoms with Gasteiger partial charge in [0.2, 0.25) is 0 Å². The molecule has 1 saturated carbocycles. The molecule has 0 atom stereocenters. The number of carbonyl (C=O) groups is 2. The number of methoxy groups -OCH3 is 1. The van der Waals surface area contributed by atoms with Crippen molar-refractivity contribution in [2.45, 2.75) is 37.9 Å². The summed E-state index contributed by atoms with van der Waals surface area (Å²) in [6.07, 6.45) is 5.45. The van der Waals surface area contributed by atoms with Gasteiger partial charge in [-0.1, -0.05) is 22.4 Å². The van der Waals surface area contributed by atoms with Crippen LogP contribution < -0.4 is 4.74 Å². The van der Waals surface area contributed by atoms with E-state index in [1.165, 1.54) is 6.08 Å². The summed E-state index contributed by atoms with van der Waals surface area (Å²) in [5.41, 5.74) is 0.544. The van der Waals surface area contributed by atoms with Crippen LogP contribution in [0.4, 0.5) is 0 Å². The third kappa shape index (κ3) is 3.27. The highest BCUT2D eigenvalue weighted by Gasteiger charge is 2.46. The van der Waals surface area contributed by atoms with Gasteiger partial charge >= 0.3 is 11.9 Å². The molecule has 2 fully saturated rings. The number of benzene rings is 1. The fourth-order valence-corrected chi connectivity index (χ4v) is 3.24. The fourth-order valence-electron chi connectivity index (χ4n) is 2.88. The molecule has 1 aromatic rings. The molecule has 0 unspecified atom stereocenters. The molecule has 1 saturated heterocycles. The Morgan fingerprint density at radius 2 is 1.78 bits per heavy atom. The second-order valence-electron chi connectivity index (χ2n) is 5.70. The lowest BCUT2D eigenvalue weighted by Crippen LogP contribution is -2.47. The van der Waals surface area contributed by atoms with E-state index in [9.17, 15) is 9.59 Å². The van der Waals surface area contributed by atoms with Gasteiger partial charge in [0, 0.05) is 17.3 Å². The molecule has 1 aliphatic heterocycles. The van der Waals surface area contributed by atoms with Gasteiger partial charge < -0.3 is 14.2 Å². The summed E-state index contributed by atoms with van der Waals surface area (Å²) in [5, 5.41) is 0. The molecule has 1 spiro atoms. The molecule has 0 N–H and O–H groups in total. The van der Waals surface area contributed by atoms with Gasteiger partial charge in [-0.05, 0) is 42.7 Å². The van der Waals surface area contributed by atoms with Crippen molar-refractivity contribution >= 4 is 33.9 Å². The Kier molecular flexibility index (Phi) is 4.43. The van der Waals surface area contributed by atoms with Crippen molar-refractivity contribution in [3.63, 3.8) is 0 Å². The highest BCUT2D eigenvalue weighted by molar-refractivity contribution is 9.10. The summed E-state index contributed by atoms with van der Waals surface area (Å²) >= 11 is 3.39. The lowest BCUT2D eigenvalue weighted by atomic mass is 9.93. The van der Waals surface area contributed by atoms with E-state index >= 15 is 0 Å². The molecule has 0 radical (unpaired) electrons. The van der Waals surface area contributed by atoms with Gasteiger partial charge in [-0.25, -0.2) is 9.59 Å². The summed E-state index contributed by atoms with van der Waals surface area (Å²) in [5.74, 6) is -1.69. The average Bonchev–Trinajstić information content (AvgIpc) is 2.53. The molecule has 122 valence electrons. The number of rotatable bonds is 2. The van der Waals surface area contributed by atoms with Crippen molar-refractivity contribution in [3.05, 3.63) is 33.8 Å². The minimum absolute atomic E-state index is 0.102. The highest BCUT2D eigenvalue weighted by atomic mass is 79.9. The van der Waals surface area contributed by atoms with E-state index in [1.807, 2.05) is 0 Å². The quantitative estimate of drug-likeness (QED) is 0.445. The zero-order chi connectivity index (χ0) is 16.4. The van der Waals surface area contributed by atoms with Crippen LogP contribution in [-0.2, 0) is 19.1 Å². The number of ether oxygens (including phenoxy) is 3. The van der Waals surface area contributed by atoms with E-state index < -0.39 is 17.7 Å². The van der Waals surface area contributed by atoms with Gasteiger partial charge in [-0.15, -0.1) is 0 Å². The molecule has 1 heterocycles. The second-order valence-corrected chi connectivity index (χ2v) is 6.55. The SMILES string of the molecule is COc1ccc(Br)c(C=C2C(=O)OC3(CCCCC3)OC2=O)c1. The van der Waals surface area contributed by atoms with Crippen molar-refractivity contribution in [1.29, 1.82) is 0 Å². The zero-order valence-corrected chi connectivity index (χ0v) is 14.4. The molecular formula is C17H17BrO5. The maximum atomic E-state index is 12.3. The molecule has 0 bridgehead atoms. The number of hydrogen-bond acceptors (Lipinski definition) is 5. The zero-order valence-electron chi connectivity index (χ0n) is 12.8. The molecule has 1 aromatic carbocycles. The summed E-state index contributed by atoms with van der Waals surface area (Å²) in [7, 11) is 1.55. The minimum atomic E-state index is -1.06. The number of esters is 2. The van der Waals surface area contributed by atoms with Crippen LogP contribution in [0.2, 0.25) is 0 Å². The fraction of sp³-hybridized carbons (Fsp3) is 0.412. The molecule has 0 amide bonds. The maximum absolute atomic E-state index is 12.3. The van der Waals surface area contributed by atoms with E-state index in [-0.39, 0.29) is 5.57 Å². The topological polar surface area (TPSA) is 61.8 Å². The van der Waals surface area contributed by atoms with Crippen LogP contribution in [0.5, 0.6) is 5.75 Å². The predicted octanol–water partition coefficient (Wildman–Crippen LogP) is 3.60. The third-order valence-corrected chi connectivity index (χ3v) is 4.84. The molecule has 0 aromatic heterocycles. The third-order valence-electron chi connectivity index (χ3n) is 4.12. The van der Waals surface area contributed by atoms with Gasteiger partial charge in [-0.3, -0.25) is 0 Å². The number of hydrogen-bond donors (Lipinski definition) is 0. The van der Waals surface area contributed by atoms with Crippen molar-refractivity contribution < 1.29 is 23.8 Å². The summed E-state index contributed by atoms with van der Waals surface area (Å²) in [6.45, 7) is 0. The smallest absolute Gasteiger partial charge is 0.348 e. The van der Waals surface area contributed by atoms with Crippen LogP contribution in [-0.4, -0.2) is 24.8 Å². The van der Waals surface area contributed by atoms with E-state index in [4.69, 9.17) is 14.2 Å². The van der Waals surface area contributed by atoms with Crippen LogP contribution in [0.25, 0.3) is 6.08 Å². The molecule has 6 heteroatoms. The molecule has 2 aliphatic rings. The Morgan fingerprint density at radius 1 is 1.13 bits per heavy atom. The van der Waals surface area contributed by atoms with Crippen LogP contribution in [0.3, 0.4) is 0 Å². The highest BCUT2D eigenvalue weighted by Crippen LogP contribution is 2.37. The van der Waals surface area contributed by atoms with E-state index in [0.29, 0.717) is 24.2 Å². The minimum Gasteiger partial charge on any atom is -0.497 e. The normalized spacial score (nSPS) is 20.0. The van der Waals surface area contributed by atoms with Crippen molar-refractivity contribution in [2.75, 3.05) is 7.11 Å². The largest absolute Gasteiger partial charge is 0.497 e. The first-order valence-electron chi connectivity index (χ1n) is 7.55. The maximum Gasteiger partial charge on any atom is 0.348 e. The van der Waals surface area contributed by atoms with Crippen LogP contribution >= 0.6 is 15.9 Å². The standard InChI is InChI=1S/C17H17BrO5/c1-21-12-5-6-14(18)11(9-12)10-13-15(19)22-17(23-16(13)20)7-3-2-4-8-17/h5-6,9-10H,2-4,7-8H2,1H3. The predicted molar refractivity (Wildman–Crippen MR) is 86.7 cm³/mol. The van der Waals surface area contributed by atoms with E-state index in [2.05, 4.69) is 15.9 Å². The Balaban J connectivity index is 1.89. The van der Waals surface area contributed by atoms with E-state index in [1.54, 1.807) is 25.3 Å². The molecular weight excluding hydrogens is 364 g/mol. The molecule has 23 heavy (non-hydrogen) atoms. The van der Waals surface area contributed by atoms with Crippen LogP contribution in [0.1, 0.15) is 37.7 Å². The summed E-state index contributed by atoms with van der Waals surface area (Å²) in [4.78, 5) is 24.6. The second kappa shape index (κ2) is 6.35. The van der Waals surface area contributed by atoms with Crippen molar-refractivity contribution in [3.8, 4) is 5.75 Å². The summed E-state index contributed by atoms with van der Waals surface area (Å²) in [6, 6.07) is 5.29. The van der Waals surface area contributed by atoms with Crippen molar-refractivity contribution in [1.82, 2.24) is 0 Å². The average molecular weight is 381 g/mol. The number of carbonyl (C=O) groups excluding carboxylic acids is 2. The molecule has 5 nitrogen and oxygen atoms in total. The van der Waals surface area contributed by atoms with Crippen LogP contribution in [0, 0.1) is 0 Å². The Labute approximate surface area is 142 Å². The first-order valence-corrected chi connectivity index (χ1v) is 8.34. The number of halogens is 1. The van der Waals surface area contributed by atoms with Gasteiger partial charge in [0.1, 0.15) is 11.3 Å². The van der Waals surface area contributed by atoms with Gasteiger partial charge in [0.15, 0.2) is 0 Å². The lowest BCUT2D eigenvalue weighted by Gasteiger charge is -2.38. The van der Waals surface area contributed by atoms with Gasteiger partial charge in [0.25, 0.3) is 5.79 Å². The molecule has 1 aliphatic carbocycles. The van der Waals surface area contributed by atoms with E-state index in [0.717, 1.165) is 23.7 Å². The first kappa shape index (κ1) is 16.1. The lowest BCUT2D eigenvalue weighted by molar-refractivity contribution is -0.244. The van der Waals surface area contributed by atoms with Gasteiger partial charge in [-0.2, -0.15) is 0 Å². The monoisotopic (exact) mass is 380 g/mol. The molecule has 3 rings (SSSR count). The summed E-state index contributed by atoms with van der Waals surface area (Å²) < 4.78 is 16.8. The Bertz CT molecular complexity index is 652. The van der Waals surface area contributed by atoms with Gasteiger partial charge in [0.05, 0.1) is 7.11 Å². The first-order chi connectivity index (χ1) is 11.0. The Hall–Kier alpha value is -1.82. The van der Waals surface area contributed by atoms with Crippen molar-refractivity contribution in [2.24, 2.45) is 0 Å². The Morgan fingerprint density at radius 3 is 2.39 bits per heavy atom. The van der Waals surface area contributed by atoms with Crippen LogP contribution in [0.15, 0.2) is 28.2 Å².